The van der Waals surface area contributed by atoms with E-state index in [1.165, 1.54) is 0 Å². The molecule has 2 aromatic heterocycles. The number of piperidine rings is 1. The summed E-state index contributed by atoms with van der Waals surface area (Å²) in [6.07, 6.45) is 11.4. The summed E-state index contributed by atoms with van der Waals surface area (Å²) >= 11 is 12.6. The Morgan fingerprint density at radius 1 is 1.18 bits per heavy atom. The number of halogens is 2. The fourth-order valence-electron chi connectivity index (χ4n) is 5.08. The van der Waals surface area contributed by atoms with E-state index in [1.54, 1.807) is 30.6 Å². The van der Waals surface area contributed by atoms with Crippen LogP contribution >= 0.6 is 23.2 Å². The zero-order chi connectivity index (χ0) is 27.2. The fraction of sp³-hybridized carbons (Fsp3) is 0.481. The highest BCUT2D eigenvalue weighted by atomic mass is 35.5. The van der Waals surface area contributed by atoms with Crippen molar-refractivity contribution in [3.63, 3.8) is 0 Å². The largest absolute Gasteiger partial charge is 0.461 e. The van der Waals surface area contributed by atoms with Crippen molar-refractivity contribution in [1.29, 1.82) is 0 Å². The van der Waals surface area contributed by atoms with Gasteiger partial charge in [-0.25, -0.2) is 9.97 Å². The Bertz CT molecular complexity index is 1260. The first-order chi connectivity index (χ1) is 19.0. The van der Waals surface area contributed by atoms with Gasteiger partial charge in [0.1, 0.15) is 12.1 Å². The van der Waals surface area contributed by atoms with Crippen LogP contribution < -0.4 is 21.7 Å². The van der Waals surface area contributed by atoms with E-state index in [-0.39, 0.29) is 30.0 Å². The number of hydrogen-bond donors (Lipinski definition) is 4. The number of esters is 1. The van der Waals surface area contributed by atoms with Crippen LogP contribution in [0.15, 0.2) is 36.8 Å². The number of anilines is 2. The second-order valence-electron chi connectivity index (χ2n) is 10.1. The highest BCUT2D eigenvalue weighted by Crippen LogP contribution is 2.27. The molecule has 1 saturated carbocycles. The average molecular weight is 574 g/mol. The molecule has 12 heteroatoms. The van der Waals surface area contributed by atoms with Crippen LogP contribution in [-0.2, 0) is 22.6 Å². The summed E-state index contributed by atoms with van der Waals surface area (Å²) in [4.78, 5) is 21.5. The third-order valence-electron chi connectivity index (χ3n) is 7.27. The van der Waals surface area contributed by atoms with Crippen LogP contribution in [0.25, 0.3) is 11.3 Å². The Labute approximate surface area is 238 Å². The number of benzene rings is 1. The van der Waals surface area contributed by atoms with Crippen LogP contribution in [0.1, 0.15) is 44.1 Å². The molecule has 2 unspecified atom stereocenters. The van der Waals surface area contributed by atoms with Crippen molar-refractivity contribution < 1.29 is 9.53 Å². The molecule has 0 amide bonds. The average Bonchev–Trinajstić information content (AvgIpc) is 3.62. The Hall–Kier alpha value is -2.92. The van der Waals surface area contributed by atoms with E-state index in [4.69, 9.17) is 33.7 Å². The minimum absolute atomic E-state index is 0.0973. The maximum atomic E-state index is 12.6. The number of aromatic nitrogens is 4. The van der Waals surface area contributed by atoms with E-state index in [2.05, 4.69) is 31.0 Å². The van der Waals surface area contributed by atoms with Gasteiger partial charge in [0.15, 0.2) is 11.6 Å². The SMILES string of the molecule is Nc1ncc(-c2cnn(CCNC3CCNC(C(=O)OC4CCCC4)C3)c2)nc1NCc1c(Cl)cccc1Cl. The number of nitrogens with two attached hydrogens (primary N) is 1. The smallest absolute Gasteiger partial charge is 0.323 e. The van der Waals surface area contributed by atoms with Crippen LogP contribution in [0.5, 0.6) is 0 Å². The Kier molecular flexibility index (Phi) is 9.18. The molecule has 2 atom stereocenters. The molecule has 0 radical (unpaired) electrons. The fourth-order valence-corrected chi connectivity index (χ4v) is 5.61. The van der Waals surface area contributed by atoms with Gasteiger partial charge in [0, 0.05) is 46.5 Å². The van der Waals surface area contributed by atoms with Gasteiger partial charge >= 0.3 is 5.97 Å². The predicted octanol–water partition coefficient (Wildman–Crippen LogP) is 4.04. The van der Waals surface area contributed by atoms with Crippen molar-refractivity contribution >= 4 is 40.8 Å². The summed E-state index contributed by atoms with van der Waals surface area (Å²) in [5.74, 6) is 0.620. The van der Waals surface area contributed by atoms with Crippen molar-refractivity contribution in [2.24, 2.45) is 0 Å². The number of hydrogen-bond acceptors (Lipinski definition) is 9. The van der Waals surface area contributed by atoms with Crippen molar-refractivity contribution in [3.05, 3.63) is 52.4 Å². The molecule has 1 saturated heterocycles. The number of carbonyl (C=O) groups is 1. The van der Waals surface area contributed by atoms with Crippen molar-refractivity contribution in [3.8, 4) is 11.3 Å². The van der Waals surface area contributed by atoms with Gasteiger partial charge in [0.2, 0.25) is 0 Å². The Morgan fingerprint density at radius 3 is 2.77 bits per heavy atom. The lowest BCUT2D eigenvalue weighted by Crippen LogP contribution is -2.51. The molecule has 39 heavy (non-hydrogen) atoms. The molecule has 3 heterocycles. The van der Waals surface area contributed by atoms with E-state index >= 15 is 0 Å². The van der Waals surface area contributed by atoms with Crippen LogP contribution in [0, 0.1) is 0 Å². The monoisotopic (exact) mass is 572 g/mol. The third kappa shape index (κ3) is 7.19. The summed E-state index contributed by atoms with van der Waals surface area (Å²) < 4.78 is 7.57. The predicted molar refractivity (Wildman–Crippen MR) is 153 cm³/mol. The zero-order valence-corrected chi connectivity index (χ0v) is 23.2. The summed E-state index contributed by atoms with van der Waals surface area (Å²) in [5.41, 5.74) is 8.30. The molecule has 1 aliphatic heterocycles. The molecule has 10 nitrogen and oxygen atoms in total. The summed E-state index contributed by atoms with van der Waals surface area (Å²) in [6, 6.07) is 5.38. The number of nitrogens with zero attached hydrogens (tertiary/aromatic N) is 4. The van der Waals surface area contributed by atoms with Crippen LogP contribution in [0.4, 0.5) is 11.6 Å². The summed E-state index contributed by atoms with van der Waals surface area (Å²) in [6.45, 7) is 2.57. The van der Waals surface area contributed by atoms with Crippen LogP contribution in [-0.4, -0.2) is 57.0 Å². The summed E-state index contributed by atoms with van der Waals surface area (Å²) in [5, 5.41) is 15.7. The van der Waals surface area contributed by atoms with E-state index < -0.39 is 0 Å². The molecule has 208 valence electrons. The third-order valence-corrected chi connectivity index (χ3v) is 7.98. The minimum Gasteiger partial charge on any atom is -0.461 e. The van der Waals surface area contributed by atoms with E-state index in [1.807, 2.05) is 10.9 Å². The normalized spacial score (nSPS) is 19.7. The zero-order valence-electron chi connectivity index (χ0n) is 21.7. The van der Waals surface area contributed by atoms with E-state index in [0.717, 1.165) is 62.7 Å². The van der Waals surface area contributed by atoms with Gasteiger partial charge in [-0.05, 0) is 57.2 Å². The minimum atomic E-state index is -0.242. The first-order valence-corrected chi connectivity index (χ1v) is 14.2. The van der Waals surface area contributed by atoms with Gasteiger partial charge in [0.05, 0.1) is 24.6 Å². The highest BCUT2D eigenvalue weighted by molar-refractivity contribution is 6.36. The molecular weight excluding hydrogens is 539 g/mol. The quantitative estimate of drug-likeness (QED) is 0.266. The second kappa shape index (κ2) is 13.0. The van der Waals surface area contributed by atoms with Gasteiger partial charge in [-0.3, -0.25) is 9.48 Å². The number of rotatable bonds is 10. The van der Waals surface area contributed by atoms with Gasteiger partial charge in [-0.15, -0.1) is 0 Å². The van der Waals surface area contributed by atoms with Crippen LogP contribution in [0.3, 0.4) is 0 Å². The number of nitrogens with one attached hydrogen (secondary N) is 3. The molecule has 5 N–H and O–H groups in total. The highest BCUT2D eigenvalue weighted by Gasteiger charge is 2.30. The molecule has 1 aromatic carbocycles. The first-order valence-electron chi connectivity index (χ1n) is 13.5. The first kappa shape index (κ1) is 27.6. The molecule has 3 aromatic rings. The lowest BCUT2D eigenvalue weighted by atomic mass is 9.99. The maximum absolute atomic E-state index is 12.6. The number of nitrogen functional groups attached to an aromatic ring is 1. The van der Waals surface area contributed by atoms with Gasteiger partial charge in [-0.1, -0.05) is 29.3 Å². The van der Waals surface area contributed by atoms with Crippen LogP contribution in [0.2, 0.25) is 10.0 Å². The van der Waals surface area contributed by atoms with E-state index in [9.17, 15) is 4.79 Å². The standard InChI is InChI=1S/C27H34Cl2N8O2/c28-21-6-3-7-22(29)20(21)14-34-26-25(30)33-15-24(36-26)17-13-35-37(16-17)11-10-31-18-8-9-32-23(12-18)27(38)39-19-4-1-2-5-19/h3,6-7,13,15-16,18-19,23,31-32H,1-2,4-5,8-12,14H2,(H2,30,33)(H,34,36). The van der Waals surface area contributed by atoms with Gasteiger partial charge in [-0.2, -0.15) is 5.10 Å². The molecular formula is C27H34Cl2N8O2. The molecule has 5 rings (SSSR count). The topological polar surface area (TPSA) is 132 Å². The van der Waals surface area contributed by atoms with E-state index in [0.29, 0.717) is 34.6 Å². The summed E-state index contributed by atoms with van der Waals surface area (Å²) in [7, 11) is 0. The molecule has 0 spiro atoms. The molecule has 2 aliphatic rings. The van der Waals surface area contributed by atoms with Crippen molar-refractivity contribution in [1.82, 2.24) is 30.4 Å². The lowest BCUT2D eigenvalue weighted by molar-refractivity contribution is -0.152. The molecule has 2 fully saturated rings. The van der Waals surface area contributed by atoms with Crippen molar-refractivity contribution in [2.45, 2.75) is 69.8 Å². The molecule has 0 bridgehead atoms. The number of carbonyl (C=O) groups excluding carboxylic acids is 1. The lowest BCUT2D eigenvalue weighted by Gasteiger charge is -2.30. The second-order valence-corrected chi connectivity index (χ2v) is 10.9. The van der Waals surface area contributed by atoms with Crippen molar-refractivity contribution in [2.75, 3.05) is 24.1 Å². The maximum Gasteiger partial charge on any atom is 0.323 e. The Morgan fingerprint density at radius 2 is 1.97 bits per heavy atom. The van der Waals surface area contributed by atoms with Gasteiger partial charge in [0.25, 0.3) is 0 Å². The molecule has 1 aliphatic carbocycles. The van der Waals surface area contributed by atoms with Gasteiger partial charge < -0.3 is 26.4 Å². The Balaban J connectivity index is 1.12. The number of ether oxygens (including phenoxy) is 1.